The normalized spacial score (nSPS) is 13.9. The van der Waals surface area contributed by atoms with Gasteiger partial charge in [-0.3, -0.25) is 4.98 Å². The summed E-state index contributed by atoms with van der Waals surface area (Å²) in [4.78, 5) is 16.9. The zero-order chi connectivity index (χ0) is 18.7. The van der Waals surface area contributed by atoms with Gasteiger partial charge in [0, 0.05) is 55.1 Å². The molecule has 3 aromatic rings. The van der Waals surface area contributed by atoms with Crippen molar-refractivity contribution in [1.29, 1.82) is 0 Å². The summed E-state index contributed by atoms with van der Waals surface area (Å²) in [6.45, 7) is 8.78. The molecule has 0 bridgehead atoms. The van der Waals surface area contributed by atoms with Crippen LogP contribution in [-0.2, 0) is 19.9 Å². The predicted octanol–water partition coefficient (Wildman–Crippen LogP) is 4.35. The first-order valence-corrected chi connectivity index (χ1v) is 9.39. The number of aromatic nitrogens is 5. The number of rotatable bonds is 7. The molecule has 5 heteroatoms. The minimum Gasteiger partial charge on any atom is -0.346 e. The third kappa shape index (κ3) is 4.03. The van der Waals surface area contributed by atoms with Crippen molar-refractivity contribution < 1.29 is 0 Å². The van der Waals surface area contributed by atoms with E-state index in [1.54, 1.807) is 0 Å². The van der Waals surface area contributed by atoms with E-state index in [1.165, 1.54) is 17.0 Å². The molecule has 2 atom stereocenters. The zero-order valence-corrected chi connectivity index (χ0v) is 16.4. The number of imidazole rings is 2. The molecule has 3 aromatic heterocycles. The Balaban J connectivity index is 1.69. The topological polar surface area (TPSA) is 59.4 Å². The van der Waals surface area contributed by atoms with Gasteiger partial charge in [-0.1, -0.05) is 33.8 Å². The molecule has 3 rings (SSSR count). The summed E-state index contributed by atoms with van der Waals surface area (Å²) in [6, 6.07) is 4.14. The van der Waals surface area contributed by atoms with Crippen molar-refractivity contribution in [2.24, 2.45) is 7.05 Å². The number of aromatic amines is 1. The van der Waals surface area contributed by atoms with Gasteiger partial charge in [0.05, 0.1) is 0 Å². The van der Waals surface area contributed by atoms with Crippen molar-refractivity contribution in [3.8, 4) is 0 Å². The quantitative estimate of drug-likeness (QED) is 0.688. The zero-order valence-electron chi connectivity index (χ0n) is 16.4. The molecule has 26 heavy (non-hydrogen) atoms. The standard InChI is InChI=1S/C21H29N5/c1-14(2)20-23-12-18(25-20)9-16(4)21-24-13-19(26(21)5)10-15(3)17-7-6-8-22-11-17/h6-8,11-16H,9-10H2,1-5H3,(H,23,25). The van der Waals surface area contributed by atoms with Gasteiger partial charge in [0.1, 0.15) is 11.6 Å². The summed E-state index contributed by atoms with van der Waals surface area (Å²) in [5.41, 5.74) is 3.70. The summed E-state index contributed by atoms with van der Waals surface area (Å²) in [5.74, 6) is 3.36. The molecule has 0 spiro atoms. The van der Waals surface area contributed by atoms with Gasteiger partial charge in [-0.15, -0.1) is 0 Å². The Morgan fingerprint density at radius 3 is 2.46 bits per heavy atom. The Morgan fingerprint density at radius 2 is 1.81 bits per heavy atom. The van der Waals surface area contributed by atoms with Gasteiger partial charge in [-0.25, -0.2) is 9.97 Å². The highest BCUT2D eigenvalue weighted by molar-refractivity contribution is 5.19. The number of pyridine rings is 1. The van der Waals surface area contributed by atoms with Crippen LogP contribution in [0, 0.1) is 0 Å². The van der Waals surface area contributed by atoms with Crippen LogP contribution in [0.3, 0.4) is 0 Å². The van der Waals surface area contributed by atoms with Crippen LogP contribution in [0.5, 0.6) is 0 Å². The maximum Gasteiger partial charge on any atom is 0.111 e. The van der Waals surface area contributed by atoms with E-state index >= 15 is 0 Å². The molecule has 0 saturated heterocycles. The van der Waals surface area contributed by atoms with Gasteiger partial charge < -0.3 is 9.55 Å². The summed E-state index contributed by atoms with van der Waals surface area (Å²) in [5, 5.41) is 0. The number of nitrogens with one attached hydrogen (secondary N) is 1. The average Bonchev–Trinajstić information content (AvgIpc) is 3.23. The van der Waals surface area contributed by atoms with E-state index in [0.29, 0.717) is 17.8 Å². The van der Waals surface area contributed by atoms with Gasteiger partial charge in [-0.2, -0.15) is 0 Å². The van der Waals surface area contributed by atoms with Crippen molar-refractivity contribution in [1.82, 2.24) is 24.5 Å². The minimum absolute atomic E-state index is 0.336. The molecule has 0 radical (unpaired) electrons. The lowest BCUT2D eigenvalue weighted by molar-refractivity contribution is 0.623. The Labute approximate surface area is 155 Å². The second kappa shape index (κ2) is 7.85. The average molecular weight is 351 g/mol. The molecule has 0 aliphatic rings. The second-order valence-corrected chi connectivity index (χ2v) is 7.61. The van der Waals surface area contributed by atoms with Crippen LogP contribution >= 0.6 is 0 Å². The molecule has 0 aliphatic heterocycles. The van der Waals surface area contributed by atoms with E-state index in [1.807, 2.05) is 30.9 Å². The molecule has 0 aromatic carbocycles. The van der Waals surface area contributed by atoms with Crippen molar-refractivity contribution in [3.63, 3.8) is 0 Å². The maximum absolute atomic E-state index is 4.71. The van der Waals surface area contributed by atoms with Crippen molar-refractivity contribution in [2.45, 2.75) is 58.3 Å². The van der Waals surface area contributed by atoms with Gasteiger partial charge in [0.15, 0.2) is 0 Å². The molecule has 0 fully saturated rings. The molecule has 3 heterocycles. The van der Waals surface area contributed by atoms with Crippen molar-refractivity contribution in [3.05, 3.63) is 65.5 Å². The molecule has 1 N–H and O–H groups in total. The summed E-state index contributed by atoms with van der Waals surface area (Å²) < 4.78 is 2.25. The van der Waals surface area contributed by atoms with Crippen LogP contribution in [0.15, 0.2) is 36.9 Å². The molecule has 0 saturated carbocycles. The number of H-pyrrole nitrogens is 1. The largest absolute Gasteiger partial charge is 0.346 e. The molecule has 0 aliphatic carbocycles. The van der Waals surface area contributed by atoms with E-state index in [-0.39, 0.29) is 0 Å². The highest BCUT2D eigenvalue weighted by Gasteiger charge is 2.17. The molecule has 2 unspecified atom stereocenters. The smallest absolute Gasteiger partial charge is 0.111 e. The first-order valence-electron chi connectivity index (χ1n) is 9.39. The fourth-order valence-electron chi connectivity index (χ4n) is 3.40. The minimum atomic E-state index is 0.336. The van der Waals surface area contributed by atoms with E-state index in [0.717, 1.165) is 24.5 Å². The van der Waals surface area contributed by atoms with Crippen molar-refractivity contribution >= 4 is 0 Å². The van der Waals surface area contributed by atoms with Crippen LogP contribution in [0.1, 0.15) is 74.0 Å². The summed E-state index contributed by atoms with van der Waals surface area (Å²) in [7, 11) is 2.12. The van der Waals surface area contributed by atoms with Crippen LogP contribution in [0.2, 0.25) is 0 Å². The summed E-state index contributed by atoms with van der Waals surface area (Å²) in [6.07, 6.45) is 9.63. The molecular formula is C21H29N5. The Hall–Kier alpha value is -2.43. The lowest BCUT2D eigenvalue weighted by Crippen LogP contribution is -2.10. The van der Waals surface area contributed by atoms with Crippen molar-refractivity contribution in [2.75, 3.05) is 0 Å². The first kappa shape index (κ1) is 18.4. The highest BCUT2D eigenvalue weighted by atomic mass is 15.1. The van der Waals surface area contributed by atoms with Gasteiger partial charge in [0.25, 0.3) is 0 Å². The third-order valence-electron chi connectivity index (χ3n) is 5.05. The summed E-state index contributed by atoms with van der Waals surface area (Å²) >= 11 is 0. The van der Waals surface area contributed by atoms with Gasteiger partial charge in [-0.05, 0) is 30.4 Å². The highest BCUT2D eigenvalue weighted by Crippen LogP contribution is 2.24. The van der Waals surface area contributed by atoms with E-state index in [4.69, 9.17) is 4.98 Å². The monoisotopic (exact) mass is 351 g/mol. The number of hydrogen-bond acceptors (Lipinski definition) is 3. The first-order chi connectivity index (χ1) is 12.5. The van der Waals surface area contributed by atoms with Crippen LogP contribution in [0.25, 0.3) is 0 Å². The maximum atomic E-state index is 4.71. The lowest BCUT2D eigenvalue weighted by atomic mass is 9.98. The third-order valence-corrected chi connectivity index (χ3v) is 5.05. The Kier molecular flexibility index (Phi) is 5.55. The number of nitrogens with zero attached hydrogens (tertiary/aromatic N) is 4. The van der Waals surface area contributed by atoms with Crippen LogP contribution in [-0.4, -0.2) is 24.5 Å². The van der Waals surface area contributed by atoms with E-state index < -0.39 is 0 Å². The van der Waals surface area contributed by atoms with Gasteiger partial charge >= 0.3 is 0 Å². The fraction of sp³-hybridized carbons (Fsp3) is 0.476. The second-order valence-electron chi connectivity index (χ2n) is 7.61. The lowest BCUT2D eigenvalue weighted by Gasteiger charge is -2.15. The fourth-order valence-corrected chi connectivity index (χ4v) is 3.40. The SMILES string of the molecule is CC(C)c1ncc(CC(C)c2ncc(CC(C)c3cccnc3)n2C)[nH]1. The molecule has 0 amide bonds. The Bertz CT molecular complexity index is 831. The molecule has 5 nitrogen and oxygen atoms in total. The predicted molar refractivity (Wildman–Crippen MR) is 104 cm³/mol. The Morgan fingerprint density at radius 1 is 1.00 bits per heavy atom. The van der Waals surface area contributed by atoms with E-state index in [9.17, 15) is 0 Å². The van der Waals surface area contributed by atoms with E-state index in [2.05, 4.69) is 60.3 Å². The molecular weight excluding hydrogens is 322 g/mol. The molecule has 138 valence electrons. The van der Waals surface area contributed by atoms with Crippen LogP contribution < -0.4 is 0 Å². The van der Waals surface area contributed by atoms with Crippen LogP contribution in [0.4, 0.5) is 0 Å². The van der Waals surface area contributed by atoms with Gasteiger partial charge in [0.2, 0.25) is 0 Å². The number of hydrogen-bond donors (Lipinski definition) is 1.